The Morgan fingerprint density at radius 1 is 1.09 bits per heavy atom. The van der Waals surface area contributed by atoms with Crippen LogP contribution in [0.15, 0.2) is 29.8 Å². The SMILES string of the molecule is COc1cc(C=C(C#N)C(=O)Nc2nc3cc(C)c(C)cc3s2)cc(OC)c1OC(C)=O. The maximum absolute atomic E-state index is 12.7. The quantitative estimate of drug-likeness (QED) is 0.256. The van der Waals surface area contributed by atoms with Crippen LogP contribution < -0.4 is 19.5 Å². The van der Waals surface area contributed by atoms with E-state index in [-0.39, 0.29) is 22.8 Å². The summed E-state index contributed by atoms with van der Waals surface area (Å²) in [5, 5.41) is 12.6. The molecular weight excluding hydrogens is 430 g/mol. The number of thiazole rings is 1. The van der Waals surface area contributed by atoms with Crippen LogP contribution >= 0.6 is 11.3 Å². The van der Waals surface area contributed by atoms with E-state index in [2.05, 4.69) is 10.3 Å². The predicted octanol–water partition coefficient (Wildman–Crippen LogP) is 4.40. The number of methoxy groups -OCH3 is 2. The topological polar surface area (TPSA) is 111 Å². The van der Waals surface area contributed by atoms with Crippen LogP contribution in [-0.2, 0) is 9.59 Å². The number of amides is 1. The molecule has 2 aromatic carbocycles. The third kappa shape index (κ3) is 4.87. The molecule has 0 bridgehead atoms. The molecule has 0 saturated heterocycles. The molecule has 0 radical (unpaired) electrons. The number of aryl methyl sites for hydroxylation is 2. The fourth-order valence-electron chi connectivity index (χ4n) is 2.94. The highest BCUT2D eigenvalue weighted by atomic mass is 32.1. The fraction of sp³-hybridized carbons (Fsp3) is 0.217. The van der Waals surface area contributed by atoms with Crippen LogP contribution in [0, 0.1) is 25.2 Å². The molecule has 0 aliphatic heterocycles. The van der Waals surface area contributed by atoms with Crippen LogP contribution in [0.5, 0.6) is 17.2 Å². The van der Waals surface area contributed by atoms with Crippen molar-refractivity contribution in [1.82, 2.24) is 4.98 Å². The molecule has 164 valence electrons. The summed E-state index contributed by atoms with van der Waals surface area (Å²) in [7, 11) is 2.81. The lowest BCUT2D eigenvalue weighted by Crippen LogP contribution is -2.13. The van der Waals surface area contributed by atoms with E-state index in [9.17, 15) is 14.9 Å². The van der Waals surface area contributed by atoms with Crippen LogP contribution in [-0.4, -0.2) is 31.1 Å². The number of nitrogens with one attached hydrogen (secondary N) is 1. The van der Waals surface area contributed by atoms with Crippen molar-refractivity contribution in [3.8, 4) is 23.3 Å². The van der Waals surface area contributed by atoms with E-state index in [0.29, 0.717) is 10.7 Å². The summed E-state index contributed by atoms with van der Waals surface area (Å²) in [6.45, 7) is 5.27. The lowest BCUT2D eigenvalue weighted by molar-refractivity contribution is -0.132. The average molecular weight is 452 g/mol. The first kappa shape index (κ1) is 22.8. The van der Waals surface area contributed by atoms with Crippen LogP contribution in [0.3, 0.4) is 0 Å². The van der Waals surface area contributed by atoms with Gasteiger partial charge in [-0.15, -0.1) is 0 Å². The van der Waals surface area contributed by atoms with Crippen LogP contribution in [0.25, 0.3) is 16.3 Å². The highest BCUT2D eigenvalue weighted by Crippen LogP contribution is 2.39. The van der Waals surface area contributed by atoms with Crippen molar-refractivity contribution in [2.45, 2.75) is 20.8 Å². The zero-order valence-corrected chi connectivity index (χ0v) is 19.0. The van der Waals surface area contributed by atoms with Gasteiger partial charge in [-0.2, -0.15) is 5.26 Å². The van der Waals surface area contributed by atoms with Crippen molar-refractivity contribution in [3.63, 3.8) is 0 Å². The summed E-state index contributed by atoms with van der Waals surface area (Å²) in [5.41, 5.74) is 3.35. The first-order valence-electron chi connectivity index (χ1n) is 9.51. The number of nitrogens with zero attached hydrogens (tertiary/aromatic N) is 2. The highest BCUT2D eigenvalue weighted by Gasteiger charge is 2.18. The number of hydrogen-bond acceptors (Lipinski definition) is 8. The van der Waals surface area contributed by atoms with Crippen LogP contribution in [0.2, 0.25) is 0 Å². The molecule has 0 unspecified atom stereocenters. The number of benzene rings is 2. The van der Waals surface area contributed by atoms with Crippen molar-refractivity contribution >= 4 is 44.6 Å². The van der Waals surface area contributed by atoms with Gasteiger partial charge in [-0.05, 0) is 60.9 Å². The smallest absolute Gasteiger partial charge is 0.308 e. The molecule has 0 saturated carbocycles. The van der Waals surface area contributed by atoms with E-state index in [4.69, 9.17) is 14.2 Å². The maximum Gasteiger partial charge on any atom is 0.308 e. The zero-order valence-electron chi connectivity index (χ0n) is 18.2. The first-order chi connectivity index (χ1) is 15.2. The van der Waals surface area contributed by atoms with Gasteiger partial charge in [-0.1, -0.05) is 11.3 Å². The van der Waals surface area contributed by atoms with Gasteiger partial charge in [-0.3, -0.25) is 14.9 Å². The van der Waals surface area contributed by atoms with Gasteiger partial charge in [0.2, 0.25) is 5.75 Å². The molecular formula is C23H21N3O5S. The van der Waals surface area contributed by atoms with Crippen molar-refractivity contribution in [2.24, 2.45) is 0 Å². The molecule has 1 amide bonds. The van der Waals surface area contributed by atoms with Gasteiger partial charge < -0.3 is 14.2 Å². The number of carbonyl (C=O) groups is 2. The molecule has 0 aliphatic carbocycles. The normalized spacial score (nSPS) is 11.1. The predicted molar refractivity (Wildman–Crippen MR) is 122 cm³/mol. The second-order valence-electron chi connectivity index (χ2n) is 6.90. The second kappa shape index (κ2) is 9.49. The van der Waals surface area contributed by atoms with Crippen LogP contribution in [0.4, 0.5) is 5.13 Å². The van der Waals surface area contributed by atoms with E-state index in [0.717, 1.165) is 21.3 Å². The molecule has 0 atom stereocenters. The summed E-state index contributed by atoms with van der Waals surface area (Å²) >= 11 is 1.33. The second-order valence-corrected chi connectivity index (χ2v) is 7.93. The third-order valence-electron chi connectivity index (χ3n) is 4.63. The highest BCUT2D eigenvalue weighted by molar-refractivity contribution is 7.22. The third-order valence-corrected chi connectivity index (χ3v) is 5.56. The minimum atomic E-state index is -0.595. The Hall–Kier alpha value is -3.90. The average Bonchev–Trinajstić information content (AvgIpc) is 3.12. The Kier molecular flexibility index (Phi) is 6.76. The molecule has 8 nitrogen and oxygen atoms in total. The van der Waals surface area contributed by atoms with E-state index in [1.807, 2.05) is 32.0 Å². The van der Waals surface area contributed by atoms with Gasteiger partial charge >= 0.3 is 5.97 Å². The summed E-state index contributed by atoms with van der Waals surface area (Å²) in [6.07, 6.45) is 1.39. The number of anilines is 1. The van der Waals surface area contributed by atoms with Crippen molar-refractivity contribution in [1.29, 1.82) is 5.26 Å². The molecule has 1 aromatic heterocycles. The van der Waals surface area contributed by atoms with E-state index < -0.39 is 11.9 Å². The molecule has 32 heavy (non-hydrogen) atoms. The number of carbonyl (C=O) groups excluding carboxylic acids is 2. The molecule has 0 fully saturated rings. The van der Waals surface area contributed by atoms with Gasteiger partial charge in [0.15, 0.2) is 16.6 Å². The molecule has 1 N–H and O–H groups in total. The molecule has 1 heterocycles. The molecule has 3 aromatic rings. The Balaban J connectivity index is 1.92. The number of hydrogen-bond donors (Lipinski definition) is 1. The Morgan fingerprint density at radius 2 is 1.72 bits per heavy atom. The van der Waals surface area contributed by atoms with Crippen molar-refractivity contribution in [3.05, 3.63) is 46.5 Å². The summed E-state index contributed by atoms with van der Waals surface area (Å²) in [6, 6.07) is 8.95. The minimum absolute atomic E-state index is 0.114. The van der Waals surface area contributed by atoms with Gasteiger partial charge in [0.25, 0.3) is 5.91 Å². The van der Waals surface area contributed by atoms with Crippen molar-refractivity contribution < 1.29 is 23.8 Å². The van der Waals surface area contributed by atoms with Gasteiger partial charge in [0, 0.05) is 6.92 Å². The standard InChI is InChI=1S/C23H21N3O5S/c1-12-6-17-20(7-13(12)2)32-23(25-17)26-22(28)16(11-24)8-15-9-18(29-4)21(31-14(3)27)19(10-15)30-5/h6-10H,1-5H3,(H,25,26,28). The van der Waals surface area contributed by atoms with Gasteiger partial charge in [0.05, 0.1) is 24.4 Å². The number of ether oxygens (including phenoxy) is 3. The number of fused-ring (bicyclic) bond motifs is 1. The lowest BCUT2D eigenvalue weighted by atomic mass is 10.1. The largest absolute Gasteiger partial charge is 0.493 e. The number of aromatic nitrogens is 1. The Bertz CT molecular complexity index is 1220. The van der Waals surface area contributed by atoms with Crippen molar-refractivity contribution in [2.75, 3.05) is 19.5 Å². The number of rotatable bonds is 6. The van der Waals surface area contributed by atoms with E-state index in [1.165, 1.54) is 50.7 Å². The monoisotopic (exact) mass is 451 g/mol. The fourth-order valence-corrected chi connectivity index (χ4v) is 3.88. The van der Waals surface area contributed by atoms with Gasteiger partial charge in [-0.25, -0.2) is 4.98 Å². The summed E-state index contributed by atoms with van der Waals surface area (Å²) < 4.78 is 16.7. The van der Waals surface area contributed by atoms with Gasteiger partial charge in [0.1, 0.15) is 11.6 Å². The Labute approximate surface area is 189 Å². The Morgan fingerprint density at radius 3 is 2.28 bits per heavy atom. The van der Waals surface area contributed by atoms with Crippen LogP contribution in [0.1, 0.15) is 23.6 Å². The number of esters is 1. The van der Waals surface area contributed by atoms with E-state index in [1.54, 1.807) is 0 Å². The number of nitriles is 1. The first-order valence-corrected chi connectivity index (χ1v) is 10.3. The maximum atomic E-state index is 12.7. The molecule has 3 rings (SSSR count). The molecule has 0 aliphatic rings. The summed E-state index contributed by atoms with van der Waals surface area (Å²) in [5.74, 6) is -0.575. The minimum Gasteiger partial charge on any atom is -0.493 e. The van der Waals surface area contributed by atoms with E-state index >= 15 is 0 Å². The zero-order chi connectivity index (χ0) is 23.4. The molecule has 9 heteroatoms. The molecule has 0 spiro atoms. The lowest BCUT2D eigenvalue weighted by Gasteiger charge is -2.13. The summed E-state index contributed by atoms with van der Waals surface area (Å²) in [4.78, 5) is 28.5.